The molecule has 0 fully saturated rings. The van der Waals surface area contributed by atoms with Gasteiger partial charge in [0.2, 0.25) is 0 Å². The molecule has 0 aliphatic carbocycles. The van der Waals surface area contributed by atoms with Crippen LogP contribution in [0.4, 0.5) is 0 Å². The van der Waals surface area contributed by atoms with Crippen LogP contribution in [0.5, 0.6) is 0 Å². The van der Waals surface area contributed by atoms with Crippen LogP contribution < -0.4 is 5.11 Å². The molecule has 0 spiro atoms. The summed E-state index contributed by atoms with van der Waals surface area (Å²) in [5, 5.41) is 11.6. The maximum Gasteiger partial charge on any atom is 0.306 e. The van der Waals surface area contributed by atoms with Gasteiger partial charge in [-0.25, -0.2) is 0 Å². The molecular formula is C46H77NO7. The van der Waals surface area contributed by atoms with Crippen molar-refractivity contribution in [2.24, 2.45) is 0 Å². The molecular weight excluding hydrogens is 679 g/mol. The lowest BCUT2D eigenvalue weighted by Gasteiger charge is -2.34. The highest BCUT2D eigenvalue weighted by Gasteiger charge is 2.25. The number of carboxylic acid groups (broad SMARTS) is 1. The molecule has 308 valence electrons. The third kappa shape index (κ3) is 34.5. The number of likely N-dealkylation sites (N-methyl/N-ethyl adjacent to an activating group) is 1. The number of esters is 2. The molecule has 0 heterocycles. The van der Waals surface area contributed by atoms with Gasteiger partial charge in [0.05, 0.1) is 40.3 Å². The number of ether oxygens (including phenoxy) is 3. The topological polar surface area (TPSA) is 102 Å². The standard InChI is InChI=1S/C46H77NO7/c1-6-8-10-12-14-16-17-18-19-20-21-22-23-24-25-26-27-28-29-31-32-34-36-44(48)53-41-42(40-52-39-38-43(46(50)51)47(3,4)5)54-45(49)37-35-33-30-15-13-11-9-7-2/h8,10,14,16,18-19,21-22,24-25,27-28,42-43H,6-7,9,11-13,15,17,20,23,26,29-41H2,1-5H3/b10-8+,16-14+,19-18+,22-21+,25-24+,28-27+. The Kier molecular flexibility index (Phi) is 34.5. The minimum Gasteiger partial charge on any atom is -0.544 e. The van der Waals surface area contributed by atoms with Gasteiger partial charge in [0.15, 0.2) is 6.10 Å². The van der Waals surface area contributed by atoms with Crippen molar-refractivity contribution in [2.45, 2.75) is 161 Å². The molecule has 8 nitrogen and oxygen atoms in total. The van der Waals surface area contributed by atoms with Crippen LogP contribution in [0.3, 0.4) is 0 Å². The lowest BCUT2D eigenvalue weighted by Crippen LogP contribution is -2.55. The molecule has 0 saturated carbocycles. The molecule has 0 aromatic rings. The number of unbranched alkanes of at least 4 members (excludes halogenated alkanes) is 10. The molecule has 2 unspecified atom stereocenters. The molecule has 0 amide bonds. The second-order valence-corrected chi connectivity index (χ2v) is 14.8. The molecule has 0 bridgehead atoms. The number of aliphatic carboxylic acids is 1. The van der Waals surface area contributed by atoms with Crippen molar-refractivity contribution in [3.05, 3.63) is 72.9 Å². The maximum absolute atomic E-state index is 12.6. The first-order valence-electron chi connectivity index (χ1n) is 21.0. The van der Waals surface area contributed by atoms with E-state index in [-0.39, 0.29) is 42.7 Å². The quantitative estimate of drug-likeness (QED) is 0.0272. The predicted molar refractivity (Wildman–Crippen MR) is 222 cm³/mol. The van der Waals surface area contributed by atoms with Gasteiger partial charge in [-0.2, -0.15) is 0 Å². The fourth-order valence-corrected chi connectivity index (χ4v) is 5.60. The zero-order chi connectivity index (χ0) is 40.0. The van der Waals surface area contributed by atoms with E-state index in [1.165, 1.54) is 32.1 Å². The first-order valence-corrected chi connectivity index (χ1v) is 21.0. The lowest BCUT2D eigenvalue weighted by atomic mass is 10.1. The van der Waals surface area contributed by atoms with E-state index in [9.17, 15) is 19.5 Å². The second kappa shape index (κ2) is 36.7. The smallest absolute Gasteiger partial charge is 0.306 e. The SMILES string of the molecule is CC/C=C/C/C=C/C/C=C/C/C=C/C/C=C/C/C=C/CCCCCC(=O)OCC(COCCC(C(=O)[O-])[N+](C)(C)C)OC(=O)CCCCCCCCCC. The average molecular weight is 756 g/mol. The summed E-state index contributed by atoms with van der Waals surface area (Å²) in [5.74, 6) is -1.79. The van der Waals surface area contributed by atoms with Crippen molar-refractivity contribution in [3.8, 4) is 0 Å². The van der Waals surface area contributed by atoms with Crippen molar-refractivity contribution in [1.29, 1.82) is 0 Å². The Hall–Kier alpha value is -3.23. The number of rotatable bonds is 36. The van der Waals surface area contributed by atoms with Gasteiger partial charge in [-0.1, -0.05) is 138 Å². The predicted octanol–water partition coefficient (Wildman–Crippen LogP) is 9.85. The van der Waals surface area contributed by atoms with Crippen LogP contribution in [-0.4, -0.2) is 75.5 Å². The number of quaternary nitrogens is 1. The van der Waals surface area contributed by atoms with Crippen molar-refractivity contribution in [2.75, 3.05) is 41.0 Å². The first-order chi connectivity index (χ1) is 26.1. The zero-order valence-electron chi connectivity index (χ0n) is 34.9. The van der Waals surface area contributed by atoms with E-state index in [0.717, 1.165) is 83.5 Å². The van der Waals surface area contributed by atoms with Crippen LogP contribution in [0.1, 0.15) is 149 Å². The number of carbonyl (C=O) groups excluding carboxylic acids is 3. The molecule has 0 N–H and O–H groups in total. The fraction of sp³-hybridized carbons (Fsp3) is 0.674. The average Bonchev–Trinajstić information content (AvgIpc) is 3.12. The molecule has 8 heteroatoms. The van der Waals surface area contributed by atoms with E-state index in [2.05, 4.69) is 86.8 Å². The van der Waals surface area contributed by atoms with E-state index in [4.69, 9.17) is 14.2 Å². The summed E-state index contributed by atoms with van der Waals surface area (Å²) >= 11 is 0. The molecule has 0 aromatic carbocycles. The summed E-state index contributed by atoms with van der Waals surface area (Å²) in [5.41, 5.74) is 0. The Morgan fingerprint density at radius 1 is 0.574 bits per heavy atom. The van der Waals surface area contributed by atoms with Gasteiger partial charge in [0.1, 0.15) is 12.6 Å². The molecule has 54 heavy (non-hydrogen) atoms. The zero-order valence-corrected chi connectivity index (χ0v) is 34.9. The molecule has 0 aliphatic rings. The lowest BCUT2D eigenvalue weighted by molar-refractivity contribution is -0.889. The number of hydrogen-bond acceptors (Lipinski definition) is 7. The van der Waals surface area contributed by atoms with Crippen molar-refractivity contribution < 1.29 is 38.2 Å². The van der Waals surface area contributed by atoms with Gasteiger partial charge in [-0.3, -0.25) is 9.59 Å². The minimum absolute atomic E-state index is 0.0271. The summed E-state index contributed by atoms with van der Waals surface area (Å²) in [4.78, 5) is 36.6. The van der Waals surface area contributed by atoms with Gasteiger partial charge < -0.3 is 28.6 Å². The number of carbonyl (C=O) groups is 3. The Morgan fingerprint density at radius 3 is 1.54 bits per heavy atom. The van der Waals surface area contributed by atoms with Crippen LogP contribution in [0.15, 0.2) is 72.9 Å². The number of allylic oxidation sites excluding steroid dienone is 12. The van der Waals surface area contributed by atoms with Crippen LogP contribution in [0.25, 0.3) is 0 Å². The van der Waals surface area contributed by atoms with E-state index in [1.54, 1.807) is 21.1 Å². The Balaban J connectivity index is 4.33. The van der Waals surface area contributed by atoms with Crippen LogP contribution in [0, 0.1) is 0 Å². The monoisotopic (exact) mass is 756 g/mol. The molecule has 2 atom stereocenters. The maximum atomic E-state index is 12.6. The summed E-state index contributed by atoms with van der Waals surface area (Å²) in [6, 6.07) is -0.731. The summed E-state index contributed by atoms with van der Waals surface area (Å²) in [7, 11) is 5.38. The number of hydrogen-bond donors (Lipinski definition) is 0. The third-order valence-electron chi connectivity index (χ3n) is 8.86. The molecule has 0 radical (unpaired) electrons. The van der Waals surface area contributed by atoms with Gasteiger partial charge in [-0.15, -0.1) is 0 Å². The van der Waals surface area contributed by atoms with Crippen LogP contribution >= 0.6 is 0 Å². The molecule has 0 aromatic heterocycles. The van der Waals surface area contributed by atoms with Crippen LogP contribution in [-0.2, 0) is 28.6 Å². The highest BCUT2D eigenvalue weighted by atomic mass is 16.6. The first kappa shape index (κ1) is 50.8. The normalized spacial score (nSPS) is 13.7. The molecule has 0 saturated heterocycles. The highest BCUT2D eigenvalue weighted by molar-refractivity contribution is 5.70. The Bertz CT molecular complexity index is 1110. The Labute approximate surface area is 330 Å². The number of carboxylic acids is 1. The van der Waals surface area contributed by atoms with Crippen molar-refractivity contribution >= 4 is 17.9 Å². The molecule has 0 aliphatic heterocycles. The van der Waals surface area contributed by atoms with E-state index in [1.807, 2.05) is 0 Å². The largest absolute Gasteiger partial charge is 0.544 e. The van der Waals surface area contributed by atoms with Gasteiger partial charge in [0.25, 0.3) is 0 Å². The Morgan fingerprint density at radius 2 is 1.04 bits per heavy atom. The molecule has 0 rings (SSSR count). The number of nitrogens with zero attached hydrogens (tertiary/aromatic N) is 1. The summed E-state index contributed by atoms with van der Waals surface area (Å²) < 4.78 is 17.0. The fourth-order valence-electron chi connectivity index (χ4n) is 5.60. The highest BCUT2D eigenvalue weighted by Crippen LogP contribution is 2.12. The van der Waals surface area contributed by atoms with Crippen molar-refractivity contribution in [3.63, 3.8) is 0 Å². The summed E-state index contributed by atoms with van der Waals surface area (Å²) in [6.07, 6.45) is 45.1. The third-order valence-corrected chi connectivity index (χ3v) is 8.86. The summed E-state index contributed by atoms with van der Waals surface area (Å²) in [6.45, 7) is 4.46. The van der Waals surface area contributed by atoms with E-state index < -0.39 is 18.1 Å². The van der Waals surface area contributed by atoms with E-state index >= 15 is 0 Å². The minimum atomic E-state index is -1.13. The van der Waals surface area contributed by atoms with Crippen LogP contribution in [0.2, 0.25) is 0 Å². The van der Waals surface area contributed by atoms with Gasteiger partial charge in [-0.05, 0) is 64.2 Å². The van der Waals surface area contributed by atoms with Crippen molar-refractivity contribution in [1.82, 2.24) is 0 Å². The van der Waals surface area contributed by atoms with Gasteiger partial charge >= 0.3 is 11.9 Å². The second-order valence-electron chi connectivity index (χ2n) is 14.8. The van der Waals surface area contributed by atoms with Gasteiger partial charge in [0, 0.05) is 19.3 Å². The van der Waals surface area contributed by atoms with E-state index in [0.29, 0.717) is 12.8 Å².